The Morgan fingerprint density at radius 3 is 2.80 bits per heavy atom. The molecule has 0 aliphatic rings. The summed E-state index contributed by atoms with van der Waals surface area (Å²) in [6, 6.07) is 7.43. The minimum atomic E-state index is -0.522. The number of nitrogens with one attached hydrogen (secondary N) is 1. The Labute approximate surface area is 124 Å². The Hall–Kier alpha value is -1.82. The van der Waals surface area contributed by atoms with Gasteiger partial charge in [0, 0.05) is 10.2 Å². The highest BCUT2D eigenvalue weighted by molar-refractivity contribution is 9.10. The van der Waals surface area contributed by atoms with Crippen molar-refractivity contribution in [2.24, 2.45) is 0 Å². The van der Waals surface area contributed by atoms with E-state index < -0.39 is 5.97 Å². The van der Waals surface area contributed by atoms with Crippen LogP contribution in [0.5, 0.6) is 0 Å². The molecule has 1 N–H and O–H groups in total. The Morgan fingerprint density at radius 2 is 2.15 bits per heavy atom. The van der Waals surface area contributed by atoms with Crippen molar-refractivity contribution in [3.8, 4) is 0 Å². The molecular formula is C14H13BrFNO3. The molecule has 2 rings (SSSR count). The van der Waals surface area contributed by atoms with Crippen molar-refractivity contribution in [3.05, 3.63) is 52.1 Å². The van der Waals surface area contributed by atoms with E-state index in [4.69, 9.17) is 4.42 Å². The van der Waals surface area contributed by atoms with Crippen molar-refractivity contribution in [2.45, 2.75) is 13.0 Å². The lowest BCUT2D eigenvalue weighted by atomic mass is 10.2. The molecule has 0 radical (unpaired) electrons. The smallest absolute Gasteiger partial charge is 0.373 e. The zero-order valence-electron chi connectivity index (χ0n) is 10.9. The molecule has 20 heavy (non-hydrogen) atoms. The van der Waals surface area contributed by atoms with Gasteiger partial charge >= 0.3 is 5.97 Å². The summed E-state index contributed by atoms with van der Waals surface area (Å²) in [5.41, 5.74) is 0.731. The Kier molecular flexibility index (Phi) is 4.44. The summed E-state index contributed by atoms with van der Waals surface area (Å²) < 4.78 is 23.6. The Balaban J connectivity index is 2.13. The molecule has 1 heterocycles. The second-order valence-electron chi connectivity index (χ2n) is 4.18. The van der Waals surface area contributed by atoms with Gasteiger partial charge in [-0.3, -0.25) is 0 Å². The predicted octanol–water partition coefficient (Wildman–Crippen LogP) is 4.14. The lowest BCUT2D eigenvalue weighted by Gasteiger charge is -2.14. The van der Waals surface area contributed by atoms with Crippen molar-refractivity contribution in [2.75, 3.05) is 12.4 Å². The lowest BCUT2D eigenvalue weighted by molar-refractivity contribution is 0.0562. The van der Waals surface area contributed by atoms with E-state index >= 15 is 0 Å². The van der Waals surface area contributed by atoms with Gasteiger partial charge in [-0.2, -0.15) is 0 Å². The van der Waals surface area contributed by atoms with Crippen LogP contribution < -0.4 is 5.32 Å². The predicted molar refractivity (Wildman–Crippen MR) is 76.2 cm³/mol. The summed E-state index contributed by atoms with van der Waals surface area (Å²) in [6.07, 6.45) is 0. The number of esters is 1. The first-order chi connectivity index (χ1) is 9.51. The van der Waals surface area contributed by atoms with E-state index in [-0.39, 0.29) is 17.6 Å². The van der Waals surface area contributed by atoms with Crippen LogP contribution in [0.3, 0.4) is 0 Å². The van der Waals surface area contributed by atoms with E-state index in [1.807, 2.05) is 6.92 Å². The maximum absolute atomic E-state index is 13.0. The first-order valence-corrected chi connectivity index (χ1v) is 6.70. The topological polar surface area (TPSA) is 51.5 Å². The fourth-order valence-electron chi connectivity index (χ4n) is 1.71. The molecule has 0 bridgehead atoms. The molecule has 1 aromatic carbocycles. The third-order valence-corrected chi connectivity index (χ3v) is 3.40. The molecule has 1 aromatic heterocycles. The van der Waals surface area contributed by atoms with Gasteiger partial charge < -0.3 is 14.5 Å². The summed E-state index contributed by atoms with van der Waals surface area (Å²) in [5, 5.41) is 3.16. The molecule has 0 aliphatic carbocycles. The summed E-state index contributed by atoms with van der Waals surface area (Å²) in [5.74, 6) is -0.108. The van der Waals surface area contributed by atoms with Gasteiger partial charge in [0.05, 0.1) is 13.2 Å². The molecule has 1 unspecified atom stereocenters. The number of halogens is 2. The zero-order valence-corrected chi connectivity index (χ0v) is 12.5. The maximum atomic E-state index is 13.0. The molecule has 0 fully saturated rings. The van der Waals surface area contributed by atoms with Crippen LogP contribution in [-0.4, -0.2) is 13.1 Å². The van der Waals surface area contributed by atoms with Crippen molar-refractivity contribution in [3.63, 3.8) is 0 Å². The van der Waals surface area contributed by atoms with Gasteiger partial charge in [-0.1, -0.05) is 0 Å². The number of carbonyl (C=O) groups is 1. The second-order valence-corrected chi connectivity index (χ2v) is 5.04. The van der Waals surface area contributed by atoms with Crippen LogP contribution in [0.25, 0.3) is 0 Å². The molecule has 6 heteroatoms. The standard InChI is InChI=1S/C14H13BrFNO3/c1-8(12-5-6-13(20-12)14(18)19-2)17-11-4-3-9(16)7-10(11)15/h3-8,17H,1-2H3. The van der Waals surface area contributed by atoms with Gasteiger partial charge in [-0.05, 0) is 53.2 Å². The Bertz CT molecular complexity index is 627. The van der Waals surface area contributed by atoms with Gasteiger partial charge in [-0.15, -0.1) is 0 Å². The summed E-state index contributed by atoms with van der Waals surface area (Å²) >= 11 is 3.28. The Morgan fingerprint density at radius 1 is 1.40 bits per heavy atom. The molecule has 1 atom stereocenters. The van der Waals surface area contributed by atoms with Gasteiger partial charge in [0.25, 0.3) is 0 Å². The summed E-state index contributed by atoms with van der Waals surface area (Å²) in [4.78, 5) is 11.3. The first kappa shape index (κ1) is 14.6. The van der Waals surface area contributed by atoms with Crippen LogP contribution in [-0.2, 0) is 4.74 Å². The highest BCUT2D eigenvalue weighted by Crippen LogP contribution is 2.28. The van der Waals surface area contributed by atoms with Crippen molar-refractivity contribution in [1.82, 2.24) is 0 Å². The molecule has 0 spiro atoms. The van der Waals surface area contributed by atoms with Gasteiger partial charge in [-0.25, -0.2) is 9.18 Å². The molecule has 0 saturated heterocycles. The minimum Gasteiger partial charge on any atom is -0.463 e. The van der Waals surface area contributed by atoms with Crippen molar-refractivity contribution >= 4 is 27.6 Å². The zero-order chi connectivity index (χ0) is 14.7. The fraction of sp³-hybridized carbons (Fsp3) is 0.214. The average Bonchev–Trinajstić information content (AvgIpc) is 2.90. The molecule has 4 nitrogen and oxygen atoms in total. The van der Waals surface area contributed by atoms with Crippen LogP contribution >= 0.6 is 15.9 Å². The van der Waals surface area contributed by atoms with Crippen LogP contribution in [0, 0.1) is 5.82 Å². The monoisotopic (exact) mass is 341 g/mol. The SMILES string of the molecule is COC(=O)c1ccc(C(C)Nc2ccc(F)cc2Br)o1. The fourth-order valence-corrected chi connectivity index (χ4v) is 2.17. The van der Waals surface area contributed by atoms with E-state index in [1.54, 1.807) is 18.2 Å². The number of ether oxygens (including phenoxy) is 1. The van der Waals surface area contributed by atoms with Gasteiger partial charge in [0.15, 0.2) is 0 Å². The highest BCUT2D eigenvalue weighted by atomic mass is 79.9. The van der Waals surface area contributed by atoms with Crippen molar-refractivity contribution < 1.29 is 18.3 Å². The first-order valence-electron chi connectivity index (χ1n) is 5.91. The molecule has 0 aliphatic heterocycles. The normalized spacial score (nSPS) is 12.0. The molecule has 0 amide bonds. The molecule has 2 aromatic rings. The molecule has 106 valence electrons. The maximum Gasteiger partial charge on any atom is 0.373 e. The largest absolute Gasteiger partial charge is 0.463 e. The molecule has 0 saturated carbocycles. The van der Waals surface area contributed by atoms with E-state index in [1.165, 1.54) is 19.2 Å². The summed E-state index contributed by atoms with van der Waals surface area (Å²) in [7, 11) is 1.29. The van der Waals surface area contributed by atoms with Crippen LogP contribution in [0.1, 0.15) is 29.3 Å². The number of anilines is 1. The minimum absolute atomic E-state index is 0.148. The number of hydrogen-bond donors (Lipinski definition) is 1. The number of methoxy groups -OCH3 is 1. The number of rotatable bonds is 4. The van der Waals surface area contributed by atoms with E-state index in [0.29, 0.717) is 10.2 Å². The highest BCUT2D eigenvalue weighted by Gasteiger charge is 2.16. The third-order valence-electron chi connectivity index (χ3n) is 2.74. The van der Waals surface area contributed by atoms with E-state index in [0.717, 1.165) is 5.69 Å². The number of hydrogen-bond acceptors (Lipinski definition) is 4. The van der Waals surface area contributed by atoms with Gasteiger partial charge in [0.1, 0.15) is 11.6 Å². The van der Waals surface area contributed by atoms with Crippen LogP contribution in [0.15, 0.2) is 39.2 Å². The second kappa shape index (κ2) is 6.09. The number of furan rings is 1. The van der Waals surface area contributed by atoms with Crippen LogP contribution in [0.4, 0.5) is 10.1 Å². The quantitative estimate of drug-likeness (QED) is 0.849. The van der Waals surface area contributed by atoms with Gasteiger partial charge in [0.2, 0.25) is 5.76 Å². The number of benzene rings is 1. The molecular weight excluding hydrogens is 329 g/mol. The average molecular weight is 342 g/mol. The van der Waals surface area contributed by atoms with E-state index in [9.17, 15) is 9.18 Å². The number of carbonyl (C=O) groups excluding carboxylic acids is 1. The lowest BCUT2D eigenvalue weighted by Crippen LogP contribution is -2.06. The van der Waals surface area contributed by atoms with Crippen molar-refractivity contribution in [1.29, 1.82) is 0 Å². The van der Waals surface area contributed by atoms with E-state index in [2.05, 4.69) is 26.0 Å². The third kappa shape index (κ3) is 3.19. The summed E-state index contributed by atoms with van der Waals surface area (Å²) in [6.45, 7) is 1.87. The van der Waals surface area contributed by atoms with Crippen LogP contribution in [0.2, 0.25) is 0 Å².